The molecule has 0 radical (unpaired) electrons. The quantitative estimate of drug-likeness (QED) is 0.280. The second-order valence-corrected chi connectivity index (χ2v) is 10.6. The van der Waals surface area contributed by atoms with Crippen LogP contribution >= 0.6 is 0 Å². The SMILES string of the molecule is Cc1ccc(S(=O)(=O)O)c(-c2ccccc2)c1-c1ccccc1.O=S(=O)(O)c1cccc(C(F)(F)F)c1. The first kappa shape index (κ1) is 28.1. The molecule has 4 aromatic rings. The summed E-state index contributed by atoms with van der Waals surface area (Å²) in [5, 5.41) is 0. The van der Waals surface area contributed by atoms with Crippen LogP contribution in [0, 0.1) is 6.92 Å². The Bertz CT molecular complexity index is 1600. The molecule has 2 N–H and O–H groups in total. The Balaban J connectivity index is 0.000000233. The van der Waals surface area contributed by atoms with Crippen molar-refractivity contribution < 1.29 is 39.1 Å². The summed E-state index contributed by atoms with van der Waals surface area (Å²) in [5.74, 6) is 0. The fourth-order valence-electron chi connectivity index (χ4n) is 3.60. The Morgan fingerprint density at radius 2 is 1.14 bits per heavy atom. The van der Waals surface area contributed by atoms with Gasteiger partial charge in [0.05, 0.1) is 10.5 Å². The van der Waals surface area contributed by atoms with E-state index in [-0.39, 0.29) is 4.90 Å². The Labute approximate surface area is 212 Å². The van der Waals surface area contributed by atoms with Gasteiger partial charge in [-0.3, -0.25) is 9.11 Å². The van der Waals surface area contributed by atoms with Crippen molar-refractivity contribution in [3.63, 3.8) is 0 Å². The first-order chi connectivity index (χ1) is 17.2. The molecule has 0 saturated carbocycles. The zero-order chi connectivity index (χ0) is 27.4. The van der Waals surface area contributed by atoms with Crippen LogP contribution in [0.4, 0.5) is 13.2 Å². The third kappa shape index (κ3) is 7.04. The summed E-state index contributed by atoms with van der Waals surface area (Å²) < 4.78 is 99.1. The van der Waals surface area contributed by atoms with Crippen molar-refractivity contribution in [2.75, 3.05) is 0 Å². The van der Waals surface area contributed by atoms with Gasteiger partial charge in [-0.05, 0) is 53.4 Å². The lowest BCUT2D eigenvalue weighted by atomic mass is 9.91. The minimum absolute atomic E-state index is 0.0758. The van der Waals surface area contributed by atoms with Crippen LogP contribution in [-0.4, -0.2) is 25.9 Å². The lowest BCUT2D eigenvalue weighted by molar-refractivity contribution is -0.137. The molecule has 0 bridgehead atoms. The fraction of sp³-hybridized carbons (Fsp3) is 0.0769. The third-order valence-electron chi connectivity index (χ3n) is 5.24. The highest BCUT2D eigenvalue weighted by Crippen LogP contribution is 2.39. The molecule has 0 saturated heterocycles. The average molecular weight is 551 g/mol. The predicted octanol–water partition coefficient (Wildman–Crippen LogP) is 6.53. The van der Waals surface area contributed by atoms with E-state index in [0.717, 1.165) is 34.4 Å². The van der Waals surface area contributed by atoms with E-state index in [0.29, 0.717) is 17.7 Å². The van der Waals surface area contributed by atoms with Crippen molar-refractivity contribution in [1.29, 1.82) is 0 Å². The van der Waals surface area contributed by atoms with Gasteiger partial charge in [-0.1, -0.05) is 72.8 Å². The molecule has 0 atom stereocenters. The molecule has 4 aromatic carbocycles. The summed E-state index contributed by atoms with van der Waals surface area (Å²) in [6.45, 7) is 1.93. The maximum atomic E-state index is 12.1. The third-order valence-corrected chi connectivity index (χ3v) is 6.98. The number of halogens is 3. The Morgan fingerprint density at radius 1 is 0.622 bits per heavy atom. The normalized spacial score (nSPS) is 11.9. The minimum atomic E-state index is -4.62. The van der Waals surface area contributed by atoms with E-state index in [1.54, 1.807) is 6.07 Å². The molecule has 0 unspecified atom stereocenters. The van der Waals surface area contributed by atoms with Gasteiger partial charge in [-0.15, -0.1) is 0 Å². The summed E-state index contributed by atoms with van der Waals surface area (Å²) in [6.07, 6.45) is -4.62. The minimum Gasteiger partial charge on any atom is -0.282 e. The fourth-order valence-corrected chi connectivity index (χ4v) is 4.85. The van der Waals surface area contributed by atoms with Crippen LogP contribution in [0.3, 0.4) is 0 Å². The lowest BCUT2D eigenvalue weighted by Gasteiger charge is -2.16. The maximum absolute atomic E-state index is 12.1. The highest BCUT2D eigenvalue weighted by Gasteiger charge is 2.31. The Hall–Kier alpha value is -3.51. The van der Waals surface area contributed by atoms with E-state index in [9.17, 15) is 34.6 Å². The van der Waals surface area contributed by atoms with Crippen LogP contribution in [0.5, 0.6) is 0 Å². The van der Waals surface area contributed by atoms with Crippen molar-refractivity contribution in [3.8, 4) is 22.3 Å². The predicted molar refractivity (Wildman–Crippen MR) is 133 cm³/mol. The maximum Gasteiger partial charge on any atom is 0.416 e. The molecule has 0 amide bonds. The van der Waals surface area contributed by atoms with E-state index in [4.69, 9.17) is 4.55 Å². The smallest absolute Gasteiger partial charge is 0.282 e. The molecule has 194 valence electrons. The van der Waals surface area contributed by atoms with Gasteiger partial charge in [0.2, 0.25) is 0 Å². The molecule has 0 aliphatic carbocycles. The van der Waals surface area contributed by atoms with Crippen LogP contribution in [-0.2, 0) is 26.4 Å². The van der Waals surface area contributed by atoms with Gasteiger partial charge in [-0.2, -0.15) is 30.0 Å². The Morgan fingerprint density at radius 3 is 1.59 bits per heavy atom. The summed E-state index contributed by atoms with van der Waals surface area (Å²) >= 11 is 0. The van der Waals surface area contributed by atoms with E-state index >= 15 is 0 Å². The van der Waals surface area contributed by atoms with Gasteiger partial charge in [0, 0.05) is 5.56 Å². The molecule has 37 heavy (non-hydrogen) atoms. The van der Waals surface area contributed by atoms with Crippen LogP contribution in [0.1, 0.15) is 11.1 Å². The van der Waals surface area contributed by atoms with Gasteiger partial charge in [0.15, 0.2) is 0 Å². The molecule has 0 heterocycles. The zero-order valence-electron chi connectivity index (χ0n) is 19.2. The molecule has 0 aliphatic rings. The molecule has 0 aromatic heterocycles. The topological polar surface area (TPSA) is 109 Å². The van der Waals surface area contributed by atoms with E-state index in [1.165, 1.54) is 6.07 Å². The molecule has 11 heteroatoms. The second-order valence-electron chi connectivity index (χ2n) is 7.84. The van der Waals surface area contributed by atoms with Crippen LogP contribution in [0.15, 0.2) is 107 Å². The van der Waals surface area contributed by atoms with Crippen molar-refractivity contribution in [2.24, 2.45) is 0 Å². The van der Waals surface area contributed by atoms with E-state index < -0.39 is 36.9 Å². The largest absolute Gasteiger partial charge is 0.416 e. The molecular weight excluding hydrogens is 529 g/mol. The van der Waals surface area contributed by atoms with Crippen LogP contribution in [0.2, 0.25) is 0 Å². The lowest BCUT2D eigenvalue weighted by Crippen LogP contribution is -2.07. The van der Waals surface area contributed by atoms with Crippen molar-refractivity contribution >= 4 is 20.2 Å². The first-order valence-electron chi connectivity index (χ1n) is 10.6. The first-order valence-corrected chi connectivity index (χ1v) is 13.4. The van der Waals surface area contributed by atoms with Gasteiger partial charge in [0.25, 0.3) is 20.2 Å². The number of benzene rings is 4. The van der Waals surface area contributed by atoms with Crippen molar-refractivity contribution in [1.82, 2.24) is 0 Å². The molecule has 4 rings (SSSR count). The second kappa shape index (κ2) is 10.9. The van der Waals surface area contributed by atoms with Crippen LogP contribution < -0.4 is 0 Å². The van der Waals surface area contributed by atoms with E-state index in [1.807, 2.05) is 67.6 Å². The van der Waals surface area contributed by atoms with Gasteiger partial charge in [0.1, 0.15) is 4.90 Å². The summed E-state index contributed by atoms with van der Waals surface area (Å²) in [6, 6.07) is 24.9. The molecule has 6 nitrogen and oxygen atoms in total. The standard InChI is InChI=1S/C19H16O3S.C7H5F3O3S/c1-14-12-13-17(23(20,21)22)19(16-10-6-3-7-11-16)18(14)15-8-4-2-5-9-15;8-7(9,10)5-2-1-3-6(4-5)14(11,12)13/h2-13H,1H3,(H,20,21,22);1-4H,(H,11,12,13). The van der Waals surface area contributed by atoms with Gasteiger partial charge >= 0.3 is 6.18 Å². The zero-order valence-corrected chi connectivity index (χ0v) is 20.8. The number of hydrogen-bond acceptors (Lipinski definition) is 4. The van der Waals surface area contributed by atoms with Gasteiger partial charge in [-0.25, -0.2) is 0 Å². The number of aryl methyl sites for hydroxylation is 1. The summed E-state index contributed by atoms with van der Waals surface area (Å²) in [5.41, 5.74) is 2.83. The summed E-state index contributed by atoms with van der Waals surface area (Å²) in [4.78, 5) is -0.847. The van der Waals surface area contributed by atoms with Gasteiger partial charge < -0.3 is 0 Å². The number of hydrogen-bond donors (Lipinski definition) is 2. The monoisotopic (exact) mass is 550 g/mol. The average Bonchev–Trinajstić information content (AvgIpc) is 2.83. The van der Waals surface area contributed by atoms with Crippen molar-refractivity contribution in [3.05, 3.63) is 108 Å². The molecule has 0 aliphatic heterocycles. The molecule has 0 spiro atoms. The number of rotatable bonds is 4. The van der Waals surface area contributed by atoms with E-state index in [2.05, 4.69) is 0 Å². The summed E-state index contributed by atoms with van der Waals surface area (Å²) in [7, 11) is -8.91. The Kier molecular flexibility index (Phi) is 8.23. The van der Waals surface area contributed by atoms with Crippen molar-refractivity contribution in [2.45, 2.75) is 22.9 Å². The number of alkyl halides is 3. The van der Waals surface area contributed by atoms with Crippen LogP contribution in [0.25, 0.3) is 22.3 Å². The molecular formula is C26H21F3O6S2. The highest BCUT2D eigenvalue weighted by molar-refractivity contribution is 7.86. The molecule has 0 fully saturated rings. The highest BCUT2D eigenvalue weighted by atomic mass is 32.2.